The molecule has 0 saturated carbocycles. The molecule has 0 aliphatic heterocycles. The third-order valence-electron chi connectivity index (χ3n) is 1.91. The fraction of sp³-hybridized carbons (Fsp3) is 0.600. The number of carboxylic acid groups (broad SMARTS) is 1. The first-order chi connectivity index (χ1) is 7.72. The summed E-state index contributed by atoms with van der Waals surface area (Å²) in [4.78, 5) is 22.6. The molecule has 0 bridgehead atoms. The molecule has 1 unspecified atom stereocenters. The van der Waals surface area contributed by atoms with E-state index in [0.29, 0.717) is 0 Å². The van der Waals surface area contributed by atoms with Crippen molar-refractivity contribution in [3.63, 3.8) is 0 Å². The third-order valence-corrected chi connectivity index (χ3v) is 1.91. The Morgan fingerprint density at radius 1 is 1.47 bits per heavy atom. The van der Waals surface area contributed by atoms with Gasteiger partial charge in [0.15, 0.2) is 5.69 Å². The maximum atomic E-state index is 11.7. The van der Waals surface area contributed by atoms with Crippen LogP contribution in [0, 0.1) is 0 Å². The summed E-state index contributed by atoms with van der Waals surface area (Å²) >= 11 is 0. The average molecular weight is 241 g/mol. The van der Waals surface area contributed by atoms with Crippen molar-refractivity contribution in [3.8, 4) is 0 Å². The van der Waals surface area contributed by atoms with Crippen LogP contribution in [0.1, 0.15) is 44.2 Å². The quantitative estimate of drug-likeness (QED) is 0.789. The molecule has 94 valence electrons. The molecule has 1 atom stereocenters. The van der Waals surface area contributed by atoms with Gasteiger partial charge in [-0.05, 0) is 27.7 Å². The number of nitrogens with zero attached hydrogens (tertiary/aromatic N) is 3. The maximum absolute atomic E-state index is 11.7. The first kappa shape index (κ1) is 13.1. The van der Waals surface area contributed by atoms with Crippen molar-refractivity contribution in [1.82, 2.24) is 15.0 Å². The molecule has 0 aliphatic carbocycles. The lowest BCUT2D eigenvalue weighted by molar-refractivity contribution is -0.158. The van der Waals surface area contributed by atoms with Crippen molar-refractivity contribution < 1.29 is 19.4 Å². The summed E-state index contributed by atoms with van der Waals surface area (Å²) in [6, 6.07) is -0.831. The van der Waals surface area contributed by atoms with E-state index in [1.54, 1.807) is 20.8 Å². The predicted octanol–water partition coefficient (Wildman–Crippen LogP) is 0.879. The van der Waals surface area contributed by atoms with Gasteiger partial charge in [0.05, 0.1) is 6.20 Å². The van der Waals surface area contributed by atoms with Gasteiger partial charge in [-0.2, -0.15) is 0 Å². The van der Waals surface area contributed by atoms with Crippen LogP contribution >= 0.6 is 0 Å². The molecular weight excluding hydrogens is 226 g/mol. The molecule has 0 fully saturated rings. The van der Waals surface area contributed by atoms with Crippen LogP contribution in [0.25, 0.3) is 0 Å². The summed E-state index contributed by atoms with van der Waals surface area (Å²) in [5, 5.41) is 15.9. The van der Waals surface area contributed by atoms with Crippen molar-refractivity contribution >= 4 is 11.9 Å². The van der Waals surface area contributed by atoms with Gasteiger partial charge in [-0.1, -0.05) is 5.21 Å². The molecule has 1 heterocycles. The number of aromatic nitrogens is 3. The summed E-state index contributed by atoms with van der Waals surface area (Å²) in [5.74, 6) is -1.74. The summed E-state index contributed by atoms with van der Waals surface area (Å²) in [7, 11) is 0. The highest BCUT2D eigenvalue weighted by molar-refractivity contribution is 5.86. The summed E-state index contributed by atoms with van der Waals surface area (Å²) in [6.07, 6.45) is 1.09. The van der Waals surface area contributed by atoms with Crippen LogP contribution in [0.5, 0.6) is 0 Å². The summed E-state index contributed by atoms with van der Waals surface area (Å²) in [5.41, 5.74) is -0.779. The van der Waals surface area contributed by atoms with E-state index >= 15 is 0 Å². The summed E-state index contributed by atoms with van der Waals surface area (Å²) < 4.78 is 6.16. The third kappa shape index (κ3) is 3.27. The number of carboxylic acids is 1. The minimum Gasteiger partial charge on any atom is -0.476 e. The lowest BCUT2D eigenvalue weighted by Crippen LogP contribution is -2.30. The highest BCUT2D eigenvalue weighted by Crippen LogP contribution is 2.15. The zero-order valence-corrected chi connectivity index (χ0v) is 10.2. The first-order valence-corrected chi connectivity index (χ1v) is 5.08. The van der Waals surface area contributed by atoms with E-state index in [0.717, 1.165) is 10.9 Å². The Morgan fingerprint density at radius 3 is 2.53 bits per heavy atom. The predicted molar refractivity (Wildman–Crippen MR) is 57.5 cm³/mol. The molecule has 1 N–H and O–H groups in total. The molecule has 7 nitrogen and oxygen atoms in total. The van der Waals surface area contributed by atoms with Crippen molar-refractivity contribution in [2.75, 3.05) is 0 Å². The van der Waals surface area contributed by atoms with Crippen molar-refractivity contribution in [3.05, 3.63) is 11.9 Å². The van der Waals surface area contributed by atoms with Gasteiger partial charge in [-0.25, -0.2) is 14.3 Å². The lowest BCUT2D eigenvalue weighted by atomic mass is 10.2. The average Bonchev–Trinajstić information content (AvgIpc) is 2.61. The smallest absolute Gasteiger partial charge is 0.355 e. The Morgan fingerprint density at radius 2 is 2.06 bits per heavy atom. The van der Waals surface area contributed by atoms with Crippen LogP contribution in [0.3, 0.4) is 0 Å². The van der Waals surface area contributed by atoms with Gasteiger partial charge in [0.25, 0.3) is 0 Å². The minimum atomic E-state index is -1.19. The van der Waals surface area contributed by atoms with Crippen LogP contribution in [0.4, 0.5) is 0 Å². The molecule has 7 heteroatoms. The second kappa shape index (κ2) is 4.52. The Hall–Kier alpha value is -1.92. The molecular formula is C10H15N3O4. The Labute approximate surface area is 98.4 Å². The van der Waals surface area contributed by atoms with Gasteiger partial charge < -0.3 is 9.84 Å². The fourth-order valence-electron chi connectivity index (χ4n) is 1.17. The molecule has 1 rings (SSSR count). The standard InChI is InChI=1S/C10H15N3O4/c1-6(9(16)17-10(2,3)4)13-7(8(14)15)5-11-12-13/h5-6H,1-4H3,(H,14,15). The van der Waals surface area contributed by atoms with E-state index in [1.165, 1.54) is 6.92 Å². The molecule has 0 amide bonds. The molecule has 0 saturated heterocycles. The van der Waals surface area contributed by atoms with Crippen LogP contribution in [0.15, 0.2) is 6.20 Å². The van der Waals surface area contributed by atoms with Crippen LogP contribution < -0.4 is 0 Å². The van der Waals surface area contributed by atoms with Gasteiger partial charge in [-0.3, -0.25) is 0 Å². The number of hydrogen-bond acceptors (Lipinski definition) is 5. The van der Waals surface area contributed by atoms with E-state index in [9.17, 15) is 9.59 Å². The topological polar surface area (TPSA) is 94.3 Å². The molecule has 0 aromatic carbocycles. The van der Waals surface area contributed by atoms with Gasteiger partial charge in [0.2, 0.25) is 0 Å². The number of carbonyl (C=O) groups excluding carboxylic acids is 1. The first-order valence-electron chi connectivity index (χ1n) is 5.08. The van der Waals surface area contributed by atoms with E-state index in [-0.39, 0.29) is 5.69 Å². The van der Waals surface area contributed by atoms with Gasteiger partial charge in [-0.15, -0.1) is 5.10 Å². The fourth-order valence-corrected chi connectivity index (χ4v) is 1.17. The molecule has 1 aromatic heterocycles. The van der Waals surface area contributed by atoms with Crippen molar-refractivity contribution in [1.29, 1.82) is 0 Å². The second-order valence-electron chi connectivity index (χ2n) is 4.58. The number of rotatable bonds is 3. The Kier molecular flexibility index (Phi) is 3.50. The van der Waals surface area contributed by atoms with Gasteiger partial charge in [0, 0.05) is 0 Å². The molecule has 0 radical (unpaired) electrons. The molecule has 1 aromatic rings. The highest BCUT2D eigenvalue weighted by Gasteiger charge is 2.26. The van der Waals surface area contributed by atoms with E-state index in [2.05, 4.69) is 10.3 Å². The van der Waals surface area contributed by atoms with Crippen LogP contribution in [0.2, 0.25) is 0 Å². The molecule has 17 heavy (non-hydrogen) atoms. The van der Waals surface area contributed by atoms with Gasteiger partial charge >= 0.3 is 11.9 Å². The molecule has 0 aliphatic rings. The minimum absolute atomic E-state index is 0.150. The van der Waals surface area contributed by atoms with E-state index in [4.69, 9.17) is 9.84 Å². The van der Waals surface area contributed by atoms with Crippen LogP contribution in [-0.4, -0.2) is 37.6 Å². The Balaban J connectivity index is 2.89. The summed E-state index contributed by atoms with van der Waals surface area (Å²) in [6.45, 7) is 6.71. The largest absolute Gasteiger partial charge is 0.476 e. The Bertz CT molecular complexity index is 433. The van der Waals surface area contributed by atoms with E-state index in [1.807, 2.05) is 0 Å². The maximum Gasteiger partial charge on any atom is 0.355 e. The molecule has 0 spiro atoms. The zero-order valence-electron chi connectivity index (χ0n) is 10.2. The SMILES string of the molecule is CC(C(=O)OC(C)(C)C)n1nncc1C(=O)O. The normalized spacial score (nSPS) is 13.2. The second-order valence-corrected chi connectivity index (χ2v) is 4.58. The van der Waals surface area contributed by atoms with Gasteiger partial charge in [0.1, 0.15) is 11.6 Å². The number of ether oxygens (including phenoxy) is 1. The lowest BCUT2D eigenvalue weighted by Gasteiger charge is -2.22. The number of carbonyl (C=O) groups is 2. The number of aromatic carboxylic acids is 1. The zero-order chi connectivity index (χ0) is 13.2. The number of esters is 1. The van der Waals surface area contributed by atoms with Crippen molar-refractivity contribution in [2.24, 2.45) is 0 Å². The van der Waals surface area contributed by atoms with E-state index < -0.39 is 23.6 Å². The highest BCUT2D eigenvalue weighted by atomic mass is 16.6. The van der Waals surface area contributed by atoms with Crippen molar-refractivity contribution in [2.45, 2.75) is 39.3 Å². The monoisotopic (exact) mass is 241 g/mol. The number of hydrogen-bond donors (Lipinski definition) is 1. The van der Waals surface area contributed by atoms with Crippen LogP contribution in [-0.2, 0) is 9.53 Å².